The molecule has 1 fully saturated rings. The van der Waals surface area contributed by atoms with Crippen LogP contribution in [0.1, 0.15) is 19.8 Å². The molecule has 16 heavy (non-hydrogen) atoms. The summed E-state index contributed by atoms with van der Waals surface area (Å²) in [5.74, 6) is 0.727. The number of carbonyl (C=O) groups excluding carboxylic acids is 1. The topological polar surface area (TPSA) is 67.6 Å². The van der Waals surface area contributed by atoms with Gasteiger partial charge in [0.25, 0.3) is 0 Å². The van der Waals surface area contributed by atoms with Crippen molar-refractivity contribution in [3.05, 3.63) is 0 Å². The summed E-state index contributed by atoms with van der Waals surface area (Å²) >= 11 is 0. The van der Waals surface area contributed by atoms with Gasteiger partial charge >= 0.3 is 6.09 Å². The van der Waals surface area contributed by atoms with Gasteiger partial charge in [0.15, 0.2) is 0 Å². The molecule has 1 atom stereocenters. The minimum atomic E-state index is -0.700. The lowest BCUT2D eigenvalue weighted by Crippen LogP contribution is -2.41. The molecule has 1 saturated heterocycles. The van der Waals surface area contributed by atoms with E-state index in [0.29, 0.717) is 19.2 Å². The molecule has 1 amide bonds. The lowest BCUT2D eigenvalue weighted by Gasteiger charge is -2.33. The van der Waals surface area contributed by atoms with Gasteiger partial charge in [0.05, 0.1) is 0 Å². The Hall–Kier alpha value is -0.810. The zero-order valence-corrected chi connectivity index (χ0v) is 10.2. The highest BCUT2D eigenvalue weighted by atomic mass is 16.5. The molecule has 1 heterocycles. The van der Waals surface area contributed by atoms with Crippen LogP contribution < -0.4 is 11.1 Å². The number of nitrogens with zero attached hydrogens (tertiary/aromatic N) is 1. The summed E-state index contributed by atoms with van der Waals surface area (Å²) in [4.78, 5) is 12.7. The molecule has 94 valence electrons. The summed E-state index contributed by atoms with van der Waals surface area (Å²) in [6, 6.07) is 0.477. The lowest BCUT2D eigenvalue weighted by molar-refractivity contribution is 0.150. The van der Waals surface area contributed by atoms with Crippen molar-refractivity contribution in [1.82, 2.24) is 10.2 Å². The van der Waals surface area contributed by atoms with Gasteiger partial charge in [0, 0.05) is 12.6 Å². The van der Waals surface area contributed by atoms with Crippen LogP contribution in [0.15, 0.2) is 0 Å². The van der Waals surface area contributed by atoms with Gasteiger partial charge in [-0.1, -0.05) is 0 Å². The maximum Gasteiger partial charge on any atom is 0.404 e. The van der Waals surface area contributed by atoms with E-state index in [1.165, 1.54) is 25.9 Å². The minimum absolute atomic E-state index is 0.353. The summed E-state index contributed by atoms with van der Waals surface area (Å²) in [5, 5.41) is 3.37. The Morgan fingerprint density at radius 1 is 1.56 bits per heavy atom. The second kappa shape index (κ2) is 6.70. The quantitative estimate of drug-likeness (QED) is 0.670. The number of nitrogens with one attached hydrogen (secondary N) is 1. The van der Waals surface area contributed by atoms with Gasteiger partial charge < -0.3 is 20.7 Å². The molecular formula is C11H23N3O2. The van der Waals surface area contributed by atoms with Crippen LogP contribution in [0.3, 0.4) is 0 Å². The molecule has 1 aliphatic rings. The number of carbonyl (C=O) groups is 1. The molecule has 0 aromatic rings. The van der Waals surface area contributed by atoms with E-state index in [0.717, 1.165) is 5.92 Å². The molecule has 1 unspecified atom stereocenters. The summed E-state index contributed by atoms with van der Waals surface area (Å²) in [5.41, 5.74) is 4.87. The third kappa shape index (κ3) is 4.81. The monoisotopic (exact) mass is 229 g/mol. The molecule has 5 heteroatoms. The van der Waals surface area contributed by atoms with Gasteiger partial charge in [-0.15, -0.1) is 0 Å². The van der Waals surface area contributed by atoms with Crippen molar-refractivity contribution in [1.29, 1.82) is 0 Å². The van der Waals surface area contributed by atoms with E-state index in [4.69, 9.17) is 5.73 Å². The highest BCUT2D eigenvalue weighted by Gasteiger charge is 2.21. The van der Waals surface area contributed by atoms with Gasteiger partial charge in [-0.25, -0.2) is 4.79 Å². The van der Waals surface area contributed by atoms with Crippen LogP contribution >= 0.6 is 0 Å². The number of rotatable bonds is 5. The maximum absolute atomic E-state index is 10.3. The number of likely N-dealkylation sites (tertiary alicyclic amines) is 1. The first-order valence-corrected chi connectivity index (χ1v) is 5.93. The van der Waals surface area contributed by atoms with Gasteiger partial charge in [0.2, 0.25) is 0 Å². The van der Waals surface area contributed by atoms with Crippen molar-refractivity contribution in [3.8, 4) is 0 Å². The third-order valence-electron chi connectivity index (χ3n) is 3.28. The standard InChI is InChI=1S/C11H23N3O2/c1-9(13-5-8-16-11(12)15)10-3-6-14(2)7-4-10/h9-10,13H,3-8H2,1-2H3,(H2,12,15). The SMILES string of the molecule is CC(NCCOC(N)=O)C1CCN(C)CC1. The van der Waals surface area contributed by atoms with Gasteiger partial charge in [-0.05, 0) is 45.8 Å². The summed E-state index contributed by atoms with van der Waals surface area (Å²) in [6.45, 7) is 5.58. The highest BCUT2D eigenvalue weighted by Crippen LogP contribution is 2.19. The van der Waals surface area contributed by atoms with Crippen molar-refractivity contribution in [2.75, 3.05) is 33.3 Å². The van der Waals surface area contributed by atoms with Gasteiger partial charge in [0.1, 0.15) is 6.61 Å². The predicted octanol–water partition coefficient (Wildman–Crippen LogP) is 0.402. The number of nitrogens with two attached hydrogens (primary N) is 1. The van der Waals surface area contributed by atoms with Crippen LogP contribution in [-0.2, 0) is 4.74 Å². The minimum Gasteiger partial charge on any atom is -0.448 e. The normalized spacial score (nSPS) is 20.6. The fourth-order valence-electron chi connectivity index (χ4n) is 2.13. The molecule has 0 aliphatic carbocycles. The van der Waals surface area contributed by atoms with Crippen molar-refractivity contribution in [3.63, 3.8) is 0 Å². The molecule has 1 aliphatic heterocycles. The molecule has 0 aromatic carbocycles. The Morgan fingerprint density at radius 2 is 2.19 bits per heavy atom. The molecule has 0 saturated carbocycles. The molecule has 0 radical (unpaired) electrons. The van der Waals surface area contributed by atoms with Crippen LogP contribution in [0.25, 0.3) is 0 Å². The Balaban J connectivity index is 2.10. The molecular weight excluding hydrogens is 206 g/mol. The highest BCUT2D eigenvalue weighted by molar-refractivity contribution is 5.64. The Bertz CT molecular complexity index is 215. The number of primary amides is 1. The first kappa shape index (κ1) is 13.3. The van der Waals surface area contributed by atoms with Crippen LogP contribution in [0, 0.1) is 5.92 Å². The van der Waals surface area contributed by atoms with Crippen LogP contribution in [-0.4, -0.2) is 50.3 Å². The Morgan fingerprint density at radius 3 is 2.75 bits per heavy atom. The van der Waals surface area contributed by atoms with E-state index in [2.05, 4.69) is 28.9 Å². The summed E-state index contributed by atoms with van der Waals surface area (Å²) in [7, 11) is 2.16. The molecule has 5 nitrogen and oxygen atoms in total. The van der Waals surface area contributed by atoms with E-state index in [-0.39, 0.29) is 0 Å². The third-order valence-corrected chi connectivity index (χ3v) is 3.28. The van der Waals surface area contributed by atoms with E-state index in [1.54, 1.807) is 0 Å². The van der Waals surface area contributed by atoms with E-state index >= 15 is 0 Å². The lowest BCUT2D eigenvalue weighted by atomic mass is 9.90. The van der Waals surface area contributed by atoms with Crippen LogP contribution in [0.4, 0.5) is 4.79 Å². The second-order valence-corrected chi connectivity index (χ2v) is 4.55. The molecule has 0 aromatic heterocycles. The number of amides is 1. The average Bonchev–Trinajstić information content (AvgIpc) is 2.25. The molecule has 0 bridgehead atoms. The molecule has 3 N–H and O–H groups in total. The van der Waals surface area contributed by atoms with Crippen molar-refractivity contribution < 1.29 is 9.53 Å². The number of ether oxygens (including phenoxy) is 1. The van der Waals surface area contributed by atoms with E-state index in [9.17, 15) is 4.79 Å². The molecule has 1 rings (SSSR count). The Kier molecular flexibility index (Phi) is 5.55. The smallest absolute Gasteiger partial charge is 0.404 e. The Labute approximate surface area is 97.3 Å². The largest absolute Gasteiger partial charge is 0.448 e. The van der Waals surface area contributed by atoms with Gasteiger partial charge in [-0.2, -0.15) is 0 Å². The fourth-order valence-corrected chi connectivity index (χ4v) is 2.13. The fraction of sp³-hybridized carbons (Fsp3) is 0.909. The first-order valence-electron chi connectivity index (χ1n) is 5.93. The first-order chi connectivity index (χ1) is 7.59. The van der Waals surface area contributed by atoms with Crippen molar-refractivity contribution >= 4 is 6.09 Å². The maximum atomic E-state index is 10.3. The van der Waals surface area contributed by atoms with Crippen LogP contribution in [0.2, 0.25) is 0 Å². The van der Waals surface area contributed by atoms with Crippen LogP contribution in [0.5, 0.6) is 0 Å². The second-order valence-electron chi connectivity index (χ2n) is 4.55. The van der Waals surface area contributed by atoms with E-state index < -0.39 is 6.09 Å². The summed E-state index contributed by atoms with van der Waals surface area (Å²) < 4.78 is 4.66. The zero-order valence-electron chi connectivity index (χ0n) is 10.2. The van der Waals surface area contributed by atoms with Crippen molar-refractivity contribution in [2.45, 2.75) is 25.8 Å². The number of hydrogen-bond acceptors (Lipinski definition) is 4. The van der Waals surface area contributed by atoms with Crippen molar-refractivity contribution in [2.24, 2.45) is 11.7 Å². The zero-order chi connectivity index (χ0) is 12.0. The average molecular weight is 229 g/mol. The summed E-state index contributed by atoms with van der Waals surface area (Å²) in [6.07, 6.45) is 1.77. The number of piperidine rings is 1. The predicted molar refractivity (Wildman–Crippen MR) is 63.2 cm³/mol. The van der Waals surface area contributed by atoms with Gasteiger partial charge in [-0.3, -0.25) is 0 Å². The number of hydrogen-bond donors (Lipinski definition) is 2. The molecule has 0 spiro atoms. The van der Waals surface area contributed by atoms with E-state index in [1.807, 2.05) is 0 Å².